The first kappa shape index (κ1) is 15.0. The smallest absolute Gasteiger partial charge is 0.258 e. The Morgan fingerprint density at radius 2 is 1.76 bits per heavy atom. The molecule has 0 fully saturated rings. The first-order valence-electron chi connectivity index (χ1n) is 7.77. The van der Waals surface area contributed by atoms with Gasteiger partial charge >= 0.3 is 0 Å². The highest BCUT2D eigenvalue weighted by atomic mass is 16.6. The maximum Gasteiger partial charge on any atom is 0.270 e. The summed E-state index contributed by atoms with van der Waals surface area (Å²) in [7, 11) is 0. The predicted molar refractivity (Wildman–Crippen MR) is 99.6 cm³/mol. The van der Waals surface area contributed by atoms with Gasteiger partial charge in [0, 0.05) is 35.3 Å². The summed E-state index contributed by atoms with van der Waals surface area (Å²) in [5.74, 6) is 0. The molecular formula is C20H13N3O2. The summed E-state index contributed by atoms with van der Waals surface area (Å²) in [6.45, 7) is 0. The van der Waals surface area contributed by atoms with Gasteiger partial charge in [-0.25, -0.2) is 0 Å². The molecule has 0 amide bonds. The molecule has 0 aliphatic heterocycles. The van der Waals surface area contributed by atoms with E-state index in [-0.39, 0.29) is 5.69 Å². The molecule has 25 heavy (non-hydrogen) atoms. The maximum atomic E-state index is 10.9. The Morgan fingerprint density at radius 3 is 2.64 bits per heavy atom. The second kappa shape index (κ2) is 6.13. The number of benzene rings is 3. The summed E-state index contributed by atoms with van der Waals surface area (Å²) >= 11 is 0. The van der Waals surface area contributed by atoms with Crippen molar-refractivity contribution >= 4 is 39.3 Å². The Morgan fingerprint density at radius 1 is 0.920 bits per heavy atom. The standard InChI is InChI=1S/C20H13N3O2/c24-23(25)15-5-1-4-14(12-15)13-22-19-8-2-6-16-17-7-3-11-21-20(17)10-9-18(16)19/h1-13H. The molecule has 5 heteroatoms. The van der Waals surface area contributed by atoms with Gasteiger partial charge < -0.3 is 0 Å². The summed E-state index contributed by atoms with van der Waals surface area (Å²) in [4.78, 5) is 19.4. The SMILES string of the molecule is O=[N+]([O-])c1cccc(C=Nc2cccc3c2ccc2ncccc23)c1. The first-order valence-corrected chi connectivity index (χ1v) is 7.77. The van der Waals surface area contributed by atoms with E-state index in [1.165, 1.54) is 12.1 Å². The Hall–Kier alpha value is -3.60. The predicted octanol–water partition coefficient (Wildman–Crippen LogP) is 5.05. The lowest BCUT2D eigenvalue weighted by atomic mass is 10.0. The molecule has 0 radical (unpaired) electrons. The van der Waals surface area contributed by atoms with E-state index in [1.54, 1.807) is 24.5 Å². The van der Waals surface area contributed by atoms with Crippen LogP contribution < -0.4 is 0 Å². The zero-order chi connectivity index (χ0) is 17.2. The second-order valence-electron chi connectivity index (χ2n) is 5.62. The number of non-ortho nitro benzene ring substituents is 1. The molecule has 0 aliphatic rings. The highest BCUT2D eigenvalue weighted by Crippen LogP contribution is 2.31. The molecule has 0 saturated heterocycles. The van der Waals surface area contributed by atoms with E-state index in [9.17, 15) is 10.1 Å². The fourth-order valence-corrected chi connectivity index (χ4v) is 2.88. The van der Waals surface area contributed by atoms with E-state index in [2.05, 4.69) is 9.98 Å². The number of hydrogen-bond acceptors (Lipinski definition) is 4. The van der Waals surface area contributed by atoms with Crippen LogP contribution >= 0.6 is 0 Å². The van der Waals surface area contributed by atoms with Crippen LogP contribution in [-0.2, 0) is 0 Å². The minimum atomic E-state index is -0.408. The summed E-state index contributed by atoms with van der Waals surface area (Å²) in [6.07, 6.45) is 3.42. The van der Waals surface area contributed by atoms with Crippen molar-refractivity contribution in [2.45, 2.75) is 0 Å². The van der Waals surface area contributed by atoms with E-state index >= 15 is 0 Å². The van der Waals surface area contributed by atoms with Crippen molar-refractivity contribution in [3.63, 3.8) is 0 Å². The lowest BCUT2D eigenvalue weighted by Crippen LogP contribution is -1.89. The van der Waals surface area contributed by atoms with Crippen molar-refractivity contribution in [1.82, 2.24) is 4.98 Å². The van der Waals surface area contributed by atoms with Gasteiger partial charge in [0.1, 0.15) is 0 Å². The monoisotopic (exact) mass is 327 g/mol. The highest BCUT2D eigenvalue weighted by molar-refractivity contribution is 6.10. The van der Waals surface area contributed by atoms with Gasteiger partial charge in [-0.2, -0.15) is 0 Å². The van der Waals surface area contributed by atoms with Gasteiger partial charge in [0.2, 0.25) is 0 Å². The molecule has 0 bridgehead atoms. The fourth-order valence-electron chi connectivity index (χ4n) is 2.88. The normalized spacial score (nSPS) is 11.4. The van der Waals surface area contributed by atoms with Crippen LogP contribution in [0.25, 0.3) is 21.7 Å². The Kier molecular flexibility index (Phi) is 3.67. The minimum Gasteiger partial charge on any atom is -0.258 e. The molecule has 0 N–H and O–H groups in total. The van der Waals surface area contributed by atoms with Crippen LogP contribution in [0.1, 0.15) is 5.56 Å². The number of fused-ring (bicyclic) bond motifs is 3. The van der Waals surface area contributed by atoms with Crippen LogP contribution in [0.2, 0.25) is 0 Å². The number of aromatic nitrogens is 1. The van der Waals surface area contributed by atoms with Crippen molar-refractivity contribution in [2.24, 2.45) is 4.99 Å². The molecule has 120 valence electrons. The van der Waals surface area contributed by atoms with Crippen LogP contribution in [0.5, 0.6) is 0 Å². The average molecular weight is 327 g/mol. The van der Waals surface area contributed by atoms with Crippen LogP contribution in [0.3, 0.4) is 0 Å². The molecule has 0 saturated carbocycles. The number of nitro benzene ring substituents is 1. The summed E-state index contributed by atoms with van der Waals surface area (Å²) in [5, 5.41) is 14.1. The molecule has 4 rings (SSSR count). The molecule has 3 aromatic carbocycles. The van der Waals surface area contributed by atoms with Gasteiger partial charge in [-0.05, 0) is 29.1 Å². The lowest BCUT2D eigenvalue weighted by Gasteiger charge is -2.05. The molecule has 0 atom stereocenters. The Labute approximate surface area is 143 Å². The average Bonchev–Trinajstić information content (AvgIpc) is 2.66. The van der Waals surface area contributed by atoms with E-state index in [0.29, 0.717) is 5.56 Å². The summed E-state index contributed by atoms with van der Waals surface area (Å²) in [5.41, 5.74) is 2.50. The van der Waals surface area contributed by atoms with Gasteiger partial charge in [-0.15, -0.1) is 0 Å². The molecule has 5 nitrogen and oxygen atoms in total. The molecule has 1 aromatic heterocycles. The summed E-state index contributed by atoms with van der Waals surface area (Å²) < 4.78 is 0. The topological polar surface area (TPSA) is 68.4 Å². The van der Waals surface area contributed by atoms with Crippen molar-refractivity contribution in [3.8, 4) is 0 Å². The van der Waals surface area contributed by atoms with E-state index in [0.717, 1.165) is 27.4 Å². The molecule has 0 aliphatic carbocycles. The number of nitro groups is 1. The van der Waals surface area contributed by atoms with Gasteiger partial charge in [-0.3, -0.25) is 20.1 Å². The molecule has 0 unspecified atom stereocenters. The molecule has 1 heterocycles. The van der Waals surface area contributed by atoms with Crippen LogP contribution in [-0.4, -0.2) is 16.1 Å². The van der Waals surface area contributed by atoms with E-state index in [4.69, 9.17) is 0 Å². The highest BCUT2D eigenvalue weighted by Gasteiger charge is 2.06. The fraction of sp³-hybridized carbons (Fsp3) is 0. The zero-order valence-corrected chi connectivity index (χ0v) is 13.2. The third kappa shape index (κ3) is 2.83. The third-order valence-electron chi connectivity index (χ3n) is 4.05. The number of pyridine rings is 1. The number of nitrogens with zero attached hydrogens (tertiary/aromatic N) is 3. The maximum absolute atomic E-state index is 10.9. The number of aliphatic imine (C=N–C) groups is 1. The van der Waals surface area contributed by atoms with Crippen molar-refractivity contribution in [1.29, 1.82) is 0 Å². The van der Waals surface area contributed by atoms with Crippen molar-refractivity contribution < 1.29 is 4.92 Å². The second-order valence-corrected chi connectivity index (χ2v) is 5.62. The molecular weight excluding hydrogens is 314 g/mol. The number of hydrogen-bond donors (Lipinski definition) is 0. The molecule has 0 spiro atoms. The van der Waals surface area contributed by atoms with Crippen LogP contribution in [0.4, 0.5) is 11.4 Å². The van der Waals surface area contributed by atoms with Crippen LogP contribution in [0.15, 0.2) is 77.9 Å². The molecule has 4 aromatic rings. The minimum absolute atomic E-state index is 0.0546. The third-order valence-corrected chi connectivity index (χ3v) is 4.05. The first-order chi connectivity index (χ1) is 12.2. The van der Waals surface area contributed by atoms with Gasteiger partial charge in [-0.1, -0.05) is 36.4 Å². The van der Waals surface area contributed by atoms with Gasteiger partial charge in [0.05, 0.1) is 16.1 Å². The Bertz CT molecular complexity index is 1140. The van der Waals surface area contributed by atoms with Crippen LogP contribution in [0, 0.1) is 10.1 Å². The van der Waals surface area contributed by atoms with Crippen molar-refractivity contribution in [3.05, 3.63) is 88.6 Å². The Balaban J connectivity index is 1.81. The largest absolute Gasteiger partial charge is 0.270 e. The lowest BCUT2D eigenvalue weighted by molar-refractivity contribution is -0.384. The summed E-state index contributed by atoms with van der Waals surface area (Å²) in [6, 6.07) is 20.3. The van der Waals surface area contributed by atoms with E-state index < -0.39 is 4.92 Å². The number of rotatable bonds is 3. The van der Waals surface area contributed by atoms with E-state index in [1.807, 2.05) is 42.5 Å². The van der Waals surface area contributed by atoms with Gasteiger partial charge in [0.15, 0.2) is 0 Å². The zero-order valence-electron chi connectivity index (χ0n) is 13.2. The van der Waals surface area contributed by atoms with Crippen molar-refractivity contribution in [2.75, 3.05) is 0 Å². The quantitative estimate of drug-likeness (QED) is 0.229. The van der Waals surface area contributed by atoms with Gasteiger partial charge in [0.25, 0.3) is 5.69 Å².